The second-order valence-electron chi connectivity index (χ2n) is 6.17. The molecule has 122 valence electrons. The number of carbonyl (C=O) groups excluding carboxylic acids is 1. The molecule has 0 atom stereocenters. The minimum atomic E-state index is -0.932. The highest BCUT2D eigenvalue weighted by molar-refractivity contribution is 5.98. The van der Waals surface area contributed by atoms with Crippen LogP contribution in [0.25, 0.3) is 0 Å². The van der Waals surface area contributed by atoms with Gasteiger partial charge in [0.05, 0.1) is 18.7 Å². The van der Waals surface area contributed by atoms with Crippen molar-refractivity contribution in [2.75, 3.05) is 18.1 Å². The topological polar surface area (TPSA) is 66.8 Å². The summed E-state index contributed by atoms with van der Waals surface area (Å²) in [5, 5.41) is 8.94. The van der Waals surface area contributed by atoms with Crippen LogP contribution in [-0.2, 0) is 9.59 Å². The Balaban J connectivity index is 3.15. The maximum atomic E-state index is 12.7. The van der Waals surface area contributed by atoms with Crippen molar-refractivity contribution in [3.63, 3.8) is 0 Å². The number of rotatable bonds is 7. The fourth-order valence-electron chi connectivity index (χ4n) is 1.96. The number of amides is 1. The van der Waals surface area contributed by atoms with Crippen LogP contribution in [-0.4, -0.2) is 30.1 Å². The molecule has 0 radical (unpaired) electrons. The average molecular weight is 307 g/mol. The van der Waals surface area contributed by atoms with Crippen molar-refractivity contribution in [1.29, 1.82) is 0 Å². The number of benzene rings is 1. The van der Waals surface area contributed by atoms with E-state index in [1.807, 2.05) is 39.8 Å². The first-order valence-electron chi connectivity index (χ1n) is 7.53. The summed E-state index contributed by atoms with van der Waals surface area (Å²) >= 11 is 0. The van der Waals surface area contributed by atoms with E-state index in [1.54, 1.807) is 12.1 Å². The van der Waals surface area contributed by atoms with Crippen molar-refractivity contribution >= 4 is 17.6 Å². The van der Waals surface area contributed by atoms with Gasteiger partial charge in [-0.1, -0.05) is 39.8 Å². The lowest BCUT2D eigenvalue weighted by molar-refractivity contribution is -0.136. The lowest BCUT2D eigenvalue weighted by Crippen LogP contribution is -2.41. The zero-order valence-corrected chi connectivity index (χ0v) is 13.8. The number of ether oxygens (including phenoxy) is 1. The molecule has 0 saturated carbocycles. The van der Waals surface area contributed by atoms with E-state index in [2.05, 4.69) is 0 Å². The summed E-state index contributed by atoms with van der Waals surface area (Å²) < 4.78 is 5.70. The van der Waals surface area contributed by atoms with Crippen molar-refractivity contribution in [3.8, 4) is 5.75 Å². The van der Waals surface area contributed by atoms with Gasteiger partial charge in [-0.25, -0.2) is 0 Å². The average Bonchev–Trinajstić information content (AvgIpc) is 2.44. The fourth-order valence-corrected chi connectivity index (χ4v) is 1.96. The molecule has 1 rings (SSSR count). The third-order valence-corrected chi connectivity index (χ3v) is 3.05. The van der Waals surface area contributed by atoms with Crippen LogP contribution in [0.2, 0.25) is 0 Å². The molecule has 0 unspecified atom stereocenters. The maximum absolute atomic E-state index is 12.7. The van der Waals surface area contributed by atoms with Crippen molar-refractivity contribution in [1.82, 2.24) is 0 Å². The van der Waals surface area contributed by atoms with E-state index >= 15 is 0 Å². The van der Waals surface area contributed by atoms with E-state index in [0.29, 0.717) is 18.0 Å². The predicted octanol–water partition coefficient (Wildman–Crippen LogP) is 3.33. The maximum Gasteiger partial charge on any atom is 0.305 e. The molecule has 0 aliphatic carbocycles. The van der Waals surface area contributed by atoms with E-state index in [-0.39, 0.29) is 18.9 Å². The van der Waals surface area contributed by atoms with Gasteiger partial charge < -0.3 is 14.7 Å². The molecule has 1 aromatic rings. The molecule has 0 aromatic heterocycles. The minimum absolute atomic E-state index is 0.107. The Hall–Kier alpha value is -2.04. The van der Waals surface area contributed by atoms with Gasteiger partial charge in [-0.15, -0.1) is 0 Å². The molecule has 5 nitrogen and oxygen atoms in total. The molecule has 1 amide bonds. The van der Waals surface area contributed by atoms with Gasteiger partial charge in [0.2, 0.25) is 5.91 Å². The molecule has 0 aliphatic heterocycles. The number of hydrogen-bond acceptors (Lipinski definition) is 3. The smallest absolute Gasteiger partial charge is 0.305 e. The van der Waals surface area contributed by atoms with Crippen LogP contribution in [0, 0.1) is 5.41 Å². The molecule has 0 spiro atoms. The van der Waals surface area contributed by atoms with Crippen molar-refractivity contribution in [2.24, 2.45) is 5.41 Å². The summed E-state index contributed by atoms with van der Waals surface area (Å²) in [7, 11) is 0. The third kappa shape index (κ3) is 5.06. The Morgan fingerprint density at radius 2 is 1.86 bits per heavy atom. The van der Waals surface area contributed by atoms with Crippen LogP contribution in [0.15, 0.2) is 24.3 Å². The minimum Gasteiger partial charge on any atom is -0.491 e. The number of hydrogen-bond donors (Lipinski definition) is 1. The predicted molar refractivity (Wildman–Crippen MR) is 86.3 cm³/mol. The molecule has 22 heavy (non-hydrogen) atoms. The number of aliphatic carboxylic acids is 1. The fraction of sp³-hybridized carbons (Fsp3) is 0.529. The van der Waals surface area contributed by atoms with Gasteiger partial charge in [-0.2, -0.15) is 0 Å². The number of anilines is 1. The monoisotopic (exact) mass is 307 g/mol. The second kappa shape index (κ2) is 7.82. The molecule has 1 N–H and O–H groups in total. The molecular weight excluding hydrogens is 282 g/mol. The van der Waals surface area contributed by atoms with Crippen LogP contribution in [0.3, 0.4) is 0 Å². The van der Waals surface area contributed by atoms with Gasteiger partial charge in [0, 0.05) is 12.0 Å². The zero-order chi connectivity index (χ0) is 16.8. The van der Waals surface area contributed by atoms with Crippen LogP contribution < -0.4 is 9.64 Å². The lowest BCUT2D eigenvalue weighted by atomic mass is 9.94. The van der Waals surface area contributed by atoms with E-state index in [9.17, 15) is 9.59 Å². The number of para-hydroxylation sites is 2. The first-order chi connectivity index (χ1) is 10.3. The van der Waals surface area contributed by atoms with Crippen LogP contribution >= 0.6 is 0 Å². The third-order valence-electron chi connectivity index (χ3n) is 3.05. The molecule has 1 aromatic carbocycles. The first-order valence-corrected chi connectivity index (χ1v) is 7.53. The molecule has 0 saturated heterocycles. The van der Waals surface area contributed by atoms with Gasteiger partial charge in [0.25, 0.3) is 0 Å². The van der Waals surface area contributed by atoms with Crippen molar-refractivity contribution in [2.45, 2.75) is 40.5 Å². The highest BCUT2D eigenvalue weighted by Gasteiger charge is 2.30. The second-order valence-corrected chi connectivity index (χ2v) is 6.17. The van der Waals surface area contributed by atoms with Crippen LogP contribution in [0.5, 0.6) is 5.75 Å². The molecule has 0 bridgehead atoms. The van der Waals surface area contributed by atoms with E-state index in [0.717, 1.165) is 6.42 Å². The van der Waals surface area contributed by atoms with Crippen LogP contribution in [0.1, 0.15) is 40.5 Å². The standard InChI is InChI=1S/C17H25NO4/c1-5-12-22-14-9-7-6-8-13(14)18(11-10-15(19)20)16(21)17(2,3)4/h6-9H,5,10-12H2,1-4H3,(H,19,20). The first kappa shape index (κ1) is 18.0. The number of carbonyl (C=O) groups is 2. The summed E-state index contributed by atoms with van der Waals surface area (Å²) in [6, 6.07) is 7.24. The Bertz CT molecular complexity index is 520. The lowest BCUT2D eigenvalue weighted by Gasteiger charge is -2.30. The van der Waals surface area contributed by atoms with Gasteiger partial charge in [-0.3, -0.25) is 9.59 Å². The highest BCUT2D eigenvalue weighted by atomic mass is 16.5. The molecule has 5 heteroatoms. The van der Waals surface area contributed by atoms with E-state index in [4.69, 9.17) is 9.84 Å². The van der Waals surface area contributed by atoms with Crippen LogP contribution in [0.4, 0.5) is 5.69 Å². The largest absolute Gasteiger partial charge is 0.491 e. The number of carboxylic acid groups (broad SMARTS) is 1. The zero-order valence-electron chi connectivity index (χ0n) is 13.8. The molecule has 0 heterocycles. The summed E-state index contributed by atoms with van der Waals surface area (Å²) in [5.74, 6) is -0.452. The van der Waals surface area contributed by atoms with Gasteiger partial charge in [-0.05, 0) is 18.6 Å². The SMILES string of the molecule is CCCOc1ccccc1N(CCC(=O)O)C(=O)C(C)(C)C. The highest BCUT2D eigenvalue weighted by Crippen LogP contribution is 2.31. The Labute approximate surface area is 131 Å². The number of nitrogens with zero attached hydrogens (tertiary/aromatic N) is 1. The summed E-state index contributed by atoms with van der Waals surface area (Å²) in [4.78, 5) is 25.1. The summed E-state index contributed by atoms with van der Waals surface area (Å²) in [6.07, 6.45) is 0.751. The molecular formula is C17H25NO4. The molecule has 0 aliphatic rings. The van der Waals surface area contributed by atoms with Gasteiger partial charge in [0.15, 0.2) is 0 Å². The Kier molecular flexibility index (Phi) is 6.40. The van der Waals surface area contributed by atoms with Crippen molar-refractivity contribution < 1.29 is 19.4 Å². The molecule has 0 fully saturated rings. The Morgan fingerprint density at radius 1 is 1.23 bits per heavy atom. The van der Waals surface area contributed by atoms with Gasteiger partial charge in [0.1, 0.15) is 5.75 Å². The summed E-state index contributed by atoms with van der Waals surface area (Å²) in [5.41, 5.74) is 0.0215. The summed E-state index contributed by atoms with van der Waals surface area (Å²) in [6.45, 7) is 8.13. The van der Waals surface area contributed by atoms with E-state index < -0.39 is 11.4 Å². The number of carboxylic acids is 1. The van der Waals surface area contributed by atoms with Crippen molar-refractivity contribution in [3.05, 3.63) is 24.3 Å². The normalized spacial score (nSPS) is 11.1. The van der Waals surface area contributed by atoms with E-state index in [1.165, 1.54) is 4.90 Å². The van der Waals surface area contributed by atoms with Gasteiger partial charge >= 0.3 is 5.97 Å². The quantitative estimate of drug-likeness (QED) is 0.839. The Morgan fingerprint density at radius 3 is 2.41 bits per heavy atom.